The number of alkyl halides is 4. The summed E-state index contributed by atoms with van der Waals surface area (Å²) in [4.78, 5) is 0. The van der Waals surface area contributed by atoms with Gasteiger partial charge in [0.1, 0.15) is 5.75 Å². The van der Waals surface area contributed by atoms with Gasteiger partial charge in [0, 0.05) is 16.4 Å². The third-order valence-corrected chi connectivity index (χ3v) is 7.45. The van der Waals surface area contributed by atoms with E-state index in [0.717, 1.165) is 15.6 Å². The topological polar surface area (TPSA) is 68.8 Å². The van der Waals surface area contributed by atoms with Crippen molar-refractivity contribution in [2.45, 2.75) is 56.0 Å². The lowest BCUT2D eigenvalue weighted by molar-refractivity contribution is -0.274. The van der Waals surface area contributed by atoms with E-state index < -0.39 is 17.8 Å². The van der Waals surface area contributed by atoms with E-state index in [4.69, 9.17) is 0 Å². The number of nitrogens with zero attached hydrogens (tertiary/aromatic N) is 2. The number of benzene rings is 3. The van der Waals surface area contributed by atoms with Crippen molar-refractivity contribution >= 4 is 22.6 Å². The molecule has 0 saturated heterocycles. The minimum atomic E-state index is -4.78. The van der Waals surface area contributed by atoms with E-state index >= 15 is 0 Å². The van der Waals surface area contributed by atoms with E-state index in [0.29, 0.717) is 17.5 Å². The number of nitrogens with one attached hydrogen (secondary N) is 1. The van der Waals surface area contributed by atoms with Gasteiger partial charge in [0.25, 0.3) is 0 Å². The van der Waals surface area contributed by atoms with Crippen LogP contribution in [0.5, 0.6) is 5.75 Å². The van der Waals surface area contributed by atoms with Gasteiger partial charge in [-0.2, -0.15) is 10.5 Å². The van der Waals surface area contributed by atoms with Crippen LogP contribution in [0.2, 0.25) is 0 Å². The molecular formula is C30H29F3IN3O. The summed E-state index contributed by atoms with van der Waals surface area (Å²) < 4.78 is 42.9. The summed E-state index contributed by atoms with van der Waals surface area (Å²) in [6.07, 6.45) is -4.08. The van der Waals surface area contributed by atoms with Crippen molar-refractivity contribution in [3.63, 3.8) is 0 Å². The van der Waals surface area contributed by atoms with Crippen LogP contribution in [0, 0.1) is 28.1 Å². The molecule has 0 radical (unpaired) electrons. The Morgan fingerprint density at radius 1 is 0.921 bits per heavy atom. The van der Waals surface area contributed by atoms with Crippen LogP contribution in [0.1, 0.15) is 60.5 Å². The average molecular weight is 631 g/mol. The Kier molecular flexibility index (Phi) is 9.81. The Balaban J connectivity index is 1.96. The van der Waals surface area contributed by atoms with Crippen molar-refractivity contribution in [1.82, 2.24) is 5.32 Å². The molecular weight excluding hydrogens is 602 g/mol. The van der Waals surface area contributed by atoms with Gasteiger partial charge in [-0.3, -0.25) is 0 Å². The highest BCUT2D eigenvalue weighted by Crippen LogP contribution is 2.37. The number of ether oxygens (including phenoxy) is 1. The van der Waals surface area contributed by atoms with Crippen molar-refractivity contribution in [3.8, 4) is 17.9 Å². The molecule has 0 aromatic heterocycles. The lowest BCUT2D eigenvalue weighted by Crippen LogP contribution is -2.42. The van der Waals surface area contributed by atoms with Gasteiger partial charge < -0.3 is 10.1 Å². The van der Waals surface area contributed by atoms with Gasteiger partial charge in [-0.15, -0.1) is 13.2 Å². The first-order valence-electron chi connectivity index (χ1n) is 12.1. The van der Waals surface area contributed by atoms with Crippen LogP contribution in [0.25, 0.3) is 0 Å². The van der Waals surface area contributed by atoms with Crippen LogP contribution in [0.4, 0.5) is 13.2 Å². The fraction of sp³-hybridized carbons (Fsp3) is 0.333. The van der Waals surface area contributed by atoms with Gasteiger partial charge in [0.2, 0.25) is 0 Å². The van der Waals surface area contributed by atoms with Crippen LogP contribution in [-0.4, -0.2) is 12.4 Å². The molecule has 0 saturated carbocycles. The molecule has 0 aliphatic heterocycles. The molecule has 0 spiro atoms. The fourth-order valence-electron chi connectivity index (χ4n) is 4.47. The minimum Gasteiger partial charge on any atom is -0.406 e. The second kappa shape index (κ2) is 12.6. The van der Waals surface area contributed by atoms with Crippen molar-refractivity contribution in [1.29, 1.82) is 10.5 Å². The molecule has 1 unspecified atom stereocenters. The summed E-state index contributed by atoms with van der Waals surface area (Å²) in [5.74, 6) is -0.359. The summed E-state index contributed by atoms with van der Waals surface area (Å²) in [7, 11) is 0. The molecule has 0 fully saturated rings. The zero-order valence-electron chi connectivity index (χ0n) is 21.4. The van der Waals surface area contributed by atoms with Gasteiger partial charge in [0.05, 0.1) is 29.2 Å². The predicted molar refractivity (Wildman–Crippen MR) is 150 cm³/mol. The Bertz CT molecular complexity index is 1290. The quantitative estimate of drug-likeness (QED) is 0.182. The number of rotatable bonds is 10. The van der Waals surface area contributed by atoms with E-state index in [1.165, 1.54) is 17.7 Å². The van der Waals surface area contributed by atoms with E-state index in [2.05, 4.69) is 69.0 Å². The monoisotopic (exact) mass is 631 g/mol. The predicted octanol–water partition coefficient (Wildman–Crippen LogP) is 7.99. The number of nitriles is 2. The number of hydrogen-bond acceptors (Lipinski definition) is 4. The van der Waals surface area contributed by atoms with Crippen molar-refractivity contribution in [2.75, 3.05) is 0 Å². The van der Waals surface area contributed by atoms with Crippen molar-refractivity contribution in [3.05, 3.63) is 101 Å². The zero-order valence-corrected chi connectivity index (χ0v) is 23.5. The van der Waals surface area contributed by atoms with E-state index in [-0.39, 0.29) is 17.7 Å². The molecule has 3 aromatic rings. The molecule has 0 heterocycles. The van der Waals surface area contributed by atoms with Gasteiger partial charge >= 0.3 is 6.36 Å². The van der Waals surface area contributed by atoms with Gasteiger partial charge in [-0.05, 0) is 73.7 Å². The van der Waals surface area contributed by atoms with Crippen molar-refractivity contribution < 1.29 is 17.9 Å². The largest absolute Gasteiger partial charge is 0.573 e. The molecule has 3 rings (SSSR count). The normalized spacial score (nSPS) is 14.1. The fourth-order valence-corrected chi connectivity index (χ4v) is 4.98. The lowest BCUT2D eigenvalue weighted by Gasteiger charge is -2.36. The first-order chi connectivity index (χ1) is 18.0. The molecule has 8 heteroatoms. The molecule has 0 amide bonds. The maximum Gasteiger partial charge on any atom is 0.573 e. The van der Waals surface area contributed by atoms with Gasteiger partial charge in [-0.25, -0.2) is 0 Å². The first kappa shape index (κ1) is 29.5. The molecule has 0 aliphatic carbocycles. The second-order valence-electron chi connectivity index (χ2n) is 9.84. The SMILES string of the molecule is C[C@H](NC(c1ccc(OC(F)(F)F)cc1)C(C)(C)C#N)[C@@H](Cc1ccc(CI)cc1)c1cccc(C#N)c1. The summed E-state index contributed by atoms with van der Waals surface area (Å²) in [6, 6.07) is 25.5. The molecule has 198 valence electrons. The van der Waals surface area contributed by atoms with Crippen LogP contribution in [0.3, 0.4) is 0 Å². The summed E-state index contributed by atoms with van der Waals surface area (Å²) in [6.45, 7) is 5.63. The molecule has 38 heavy (non-hydrogen) atoms. The zero-order chi connectivity index (χ0) is 27.9. The third-order valence-electron chi connectivity index (χ3n) is 6.57. The highest BCUT2D eigenvalue weighted by Gasteiger charge is 2.35. The Labute approximate surface area is 235 Å². The molecule has 4 nitrogen and oxygen atoms in total. The van der Waals surface area contributed by atoms with Crippen LogP contribution in [-0.2, 0) is 10.8 Å². The Hall–Kier alpha value is -3.08. The average Bonchev–Trinajstić information content (AvgIpc) is 2.90. The summed E-state index contributed by atoms with van der Waals surface area (Å²) in [5.41, 5.74) is 3.73. The maximum atomic E-state index is 12.6. The lowest BCUT2D eigenvalue weighted by atomic mass is 9.79. The molecule has 0 aliphatic rings. The van der Waals surface area contributed by atoms with Gasteiger partial charge in [0.15, 0.2) is 0 Å². The Morgan fingerprint density at radius 3 is 2.11 bits per heavy atom. The molecule has 1 N–H and O–H groups in total. The van der Waals surface area contributed by atoms with Crippen LogP contribution < -0.4 is 10.1 Å². The van der Waals surface area contributed by atoms with E-state index in [1.54, 1.807) is 32.0 Å². The smallest absolute Gasteiger partial charge is 0.406 e. The minimum absolute atomic E-state index is 0.0430. The van der Waals surface area contributed by atoms with E-state index in [1.807, 2.05) is 25.1 Å². The first-order valence-corrected chi connectivity index (χ1v) is 13.6. The summed E-state index contributed by atoms with van der Waals surface area (Å²) >= 11 is 2.33. The van der Waals surface area contributed by atoms with Crippen LogP contribution in [0.15, 0.2) is 72.8 Å². The van der Waals surface area contributed by atoms with Crippen LogP contribution >= 0.6 is 22.6 Å². The highest BCUT2D eigenvalue weighted by molar-refractivity contribution is 14.1. The molecule has 3 atom stereocenters. The Morgan fingerprint density at radius 2 is 1.55 bits per heavy atom. The maximum absolute atomic E-state index is 12.6. The molecule has 0 bridgehead atoms. The standard InChI is InChI=1S/C30H29F3IN3O/c1-20(37-28(29(2,3)19-36)24-11-13-26(14-12-24)38-30(31,32)33)27(25-6-4-5-23(15-25)18-35)16-21-7-9-22(17-34)10-8-21/h4-15,20,27-28,37H,16-17H2,1-3H3/t20-,27+,28?/m0/s1. The molecule has 3 aromatic carbocycles. The van der Waals surface area contributed by atoms with Gasteiger partial charge in [-0.1, -0.05) is 71.1 Å². The number of hydrogen-bond donors (Lipinski definition) is 1. The number of halogens is 4. The van der Waals surface area contributed by atoms with E-state index in [9.17, 15) is 23.7 Å². The third kappa shape index (κ3) is 7.96. The van der Waals surface area contributed by atoms with Crippen molar-refractivity contribution in [2.24, 2.45) is 5.41 Å². The summed E-state index contributed by atoms with van der Waals surface area (Å²) in [5, 5.41) is 23.0. The highest BCUT2D eigenvalue weighted by atomic mass is 127. The second-order valence-corrected chi connectivity index (χ2v) is 10.6.